The van der Waals surface area contributed by atoms with Gasteiger partial charge in [-0.25, -0.2) is 4.79 Å². The van der Waals surface area contributed by atoms with Crippen LogP contribution in [0.1, 0.15) is 67.8 Å². The molecule has 0 radical (unpaired) electrons. The van der Waals surface area contributed by atoms with E-state index in [1.54, 1.807) is 0 Å². The van der Waals surface area contributed by atoms with Gasteiger partial charge in [-0.3, -0.25) is 4.79 Å². The largest absolute Gasteiger partial charge is 0.467 e. The van der Waals surface area contributed by atoms with Gasteiger partial charge in [0.1, 0.15) is 6.04 Å². The summed E-state index contributed by atoms with van der Waals surface area (Å²) in [6.07, 6.45) is 1.98. The van der Waals surface area contributed by atoms with E-state index in [0.29, 0.717) is 6.42 Å². The van der Waals surface area contributed by atoms with Crippen molar-refractivity contribution in [1.29, 1.82) is 0 Å². The van der Waals surface area contributed by atoms with Gasteiger partial charge in [-0.05, 0) is 24.6 Å². The number of hydrogen-bond donors (Lipinski definition) is 1. The first-order valence-electron chi connectivity index (χ1n) is 8.85. The number of carbonyl (C=O) groups is 2. The Hall–Kier alpha value is -2.05. The molecular weight excluding hydrogens is 347 g/mol. The fourth-order valence-corrected chi connectivity index (χ4v) is 2.60. The molecule has 1 amide bonds. The Balaban J connectivity index is 2.67. The number of halogens is 3. The molecule has 4 nitrogen and oxygen atoms in total. The first-order chi connectivity index (χ1) is 12.3. The van der Waals surface area contributed by atoms with Crippen molar-refractivity contribution < 1.29 is 27.5 Å². The standard InChI is InChI=1S/C19H26F3NO3/c1-3-4-5-6-7-8-12-16(18(25)26-2)23-17(24)14-10-9-11-15(13-14)19(20,21)22/h9-11,13,16H,3-8,12H2,1-2H3,(H,23,24)/t16-/m1/s1. The molecule has 0 saturated carbocycles. The lowest BCUT2D eigenvalue weighted by atomic mass is 10.0. The normalized spacial score (nSPS) is 12.5. The molecule has 0 bridgehead atoms. The molecule has 0 fully saturated rings. The fraction of sp³-hybridized carbons (Fsp3) is 0.579. The summed E-state index contributed by atoms with van der Waals surface area (Å²) in [6, 6.07) is 3.25. The molecule has 0 unspecified atom stereocenters. The number of esters is 1. The van der Waals surface area contributed by atoms with Crippen molar-refractivity contribution >= 4 is 11.9 Å². The van der Waals surface area contributed by atoms with Crippen LogP contribution in [0.25, 0.3) is 0 Å². The molecule has 146 valence electrons. The predicted octanol–water partition coefficient (Wildman–Crippen LogP) is 4.73. The molecule has 0 saturated heterocycles. The number of ether oxygens (including phenoxy) is 1. The van der Waals surface area contributed by atoms with Crippen LogP contribution in [0.5, 0.6) is 0 Å². The smallest absolute Gasteiger partial charge is 0.416 e. The molecular formula is C19H26F3NO3. The number of rotatable bonds is 10. The monoisotopic (exact) mass is 373 g/mol. The number of carbonyl (C=O) groups excluding carboxylic acids is 2. The summed E-state index contributed by atoms with van der Waals surface area (Å²) >= 11 is 0. The van der Waals surface area contributed by atoms with E-state index in [9.17, 15) is 22.8 Å². The van der Waals surface area contributed by atoms with Crippen LogP contribution in [0.15, 0.2) is 24.3 Å². The number of hydrogen-bond acceptors (Lipinski definition) is 3. The second-order valence-corrected chi connectivity index (χ2v) is 6.18. The number of methoxy groups -OCH3 is 1. The third-order valence-corrected chi connectivity index (χ3v) is 4.09. The summed E-state index contributed by atoms with van der Waals surface area (Å²) in [5.41, 5.74) is -1.05. The first-order valence-corrected chi connectivity index (χ1v) is 8.85. The summed E-state index contributed by atoms with van der Waals surface area (Å²) in [4.78, 5) is 24.1. The molecule has 0 aliphatic carbocycles. The van der Waals surface area contributed by atoms with Crippen LogP contribution in [0.2, 0.25) is 0 Å². The van der Waals surface area contributed by atoms with E-state index in [4.69, 9.17) is 0 Å². The van der Waals surface area contributed by atoms with E-state index < -0.39 is 29.7 Å². The van der Waals surface area contributed by atoms with Gasteiger partial charge in [-0.2, -0.15) is 13.2 Å². The molecule has 7 heteroatoms. The molecule has 0 aromatic heterocycles. The second-order valence-electron chi connectivity index (χ2n) is 6.18. The lowest BCUT2D eigenvalue weighted by Crippen LogP contribution is -2.41. The summed E-state index contributed by atoms with van der Waals surface area (Å²) in [6.45, 7) is 2.12. The maximum atomic E-state index is 12.8. The minimum Gasteiger partial charge on any atom is -0.467 e. The molecule has 0 spiro atoms. The van der Waals surface area contributed by atoms with Gasteiger partial charge in [0.05, 0.1) is 12.7 Å². The SMILES string of the molecule is CCCCCCCC[C@@H](NC(=O)c1cccc(C(F)(F)F)c1)C(=O)OC. The van der Waals surface area contributed by atoms with Crippen molar-refractivity contribution in [1.82, 2.24) is 5.32 Å². The number of alkyl halides is 3. The van der Waals surface area contributed by atoms with Crippen molar-refractivity contribution in [2.24, 2.45) is 0 Å². The third-order valence-electron chi connectivity index (χ3n) is 4.09. The van der Waals surface area contributed by atoms with Gasteiger partial charge in [-0.15, -0.1) is 0 Å². The molecule has 1 N–H and O–H groups in total. The van der Waals surface area contributed by atoms with Gasteiger partial charge in [0.25, 0.3) is 5.91 Å². The number of nitrogens with one attached hydrogen (secondary N) is 1. The number of amides is 1. The first kappa shape index (κ1) is 22.0. The third kappa shape index (κ3) is 7.45. The second kappa shape index (κ2) is 10.8. The van der Waals surface area contributed by atoms with Crippen LogP contribution in [-0.2, 0) is 15.7 Å². The highest BCUT2D eigenvalue weighted by Crippen LogP contribution is 2.29. The Bertz CT molecular complexity index is 588. The predicted molar refractivity (Wildman–Crippen MR) is 92.7 cm³/mol. The molecule has 1 aromatic rings. The Morgan fingerprint density at radius 1 is 1.12 bits per heavy atom. The minimum absolute atomic E-state index is 0.142. The van der Waals surface area contributed by atoms with E-state index in [0.717, 1.165) is 50.7 Å². The topological polar surface area (TPSA) is 55.4 Å². The number of unbranched alkanes of at least 4 members (excludes halogenated alkanes) is 5. The van der Waals surface area contributed by atoms with Crippen LogP contribution in [0.3, 0.4) is 0 Å². The lowest BCUT2D eigenvalue weighted by Gasteiger charge is -2.17. The summed E-state index contributed by atoms with van der Waals surface area (Å²) < 4.78 is 43.0. The van der Waals surface area contributed by atoms with E-state index in [2.05, 4.69) is 17.0 Å². The van der Waals surface area contributed by atoms with Gasteiger partial charge in [0.15, 0.2) is 0 Å². The van der Waals surface area contributed by atoms with Crippen molar-refractivity contribution in [2.75, 3.05) is 7.11 Å². The maximum absolute atomic E-state index is 12.8. The van der Waals surface area contributed by atoms with E-state index in [-0.39, 0.29) is 5.56 Å². The van der Waals surface area contributed by atoms with Crippen molar-refractivity contribution in [3.63, 3.8) is 0 Å². The summed E-state index contributed by atoms with van der Waals surface area (Å²) in [5.74, 6) is -1.32. The van der Waals surface area contributed by atoms with Gasteiger partial charge in [-0.1, -0.05) is 51.5 Å². The summed E-state index contributed by atoms with van der Waals surface area (Å²) in [5, 5.41) is 2.48. The Morgan fingerprint density at radius 3 is 2.38 bits per heavy atom. The van der Waals surface area contributed by atoms with Gasteiger partial charge >= 0.3 is 12.1 Å². The highest BCUT2D eigenvalue weighted by Gasteiger charge is 2.31. The van der Waals surface area contributed by atoms with Crippen molar-refractivity contribution in [2.45, 2.75) is 64.1 Å². The molecule has 1 atom stereocenters. The van der Waals surface area contributed by atoms with Gasteiger partial charge in [0, 0.05) is 5.56 Å². The van der Waals surface area contributed by atoms with Crippen LogP contribution >= 0.6 is 0 Å². The van der Waals surface area contributed by atoms with Crippen LogP contribution in [0, 0.1) is 0 Å². The average molecular weight is 373 g/mol. The van der Waals surface area contributed by atoms with Crippen molar-refractivity contribution in [3.05, 3.63) is 35.4 Å². The summed E-state index contributed by atoms with van der Waals surface area (Å²) in [7, 11) is 1.22. The quantitative estimate of drug-likeness (QED) is 0.477. The highest BCUT2D eigenvalue weighted by atomic mass is 19.4. The van der Waals surface area contributed by atoms with E-state index in [1.807, 2.05) is 0 Å². The molecule has 26 heavy (non-hydrogen) atoms. The molecule has 0 heterocycles. The Kier molecular flexibility index (Phi) is 9.16. The van der Waals surface area contributed by atoms with E-state index >= 15 is 0 Å². The Labute approximate surface area is 152 Å². The van der Waals surface area contributed by atoms with Crippen LogP contribution in [0.4, 0.5) is 13.2 Å². The maximum Gasteiger partial charge on any atom is 0.416 e. The molecule has 1 rings (SSSR count). The van der Waals surface area contributed by atoms with Crippen LogP contribution in [-0.4, -0.2) is 25.0 Å². The van der Waals surface area contributed by atoms with Crippen molar-refractivity contribution in [3.8, 4) is 0 Å². The molecule has 0 aliphatic rings. The number of benzene rings is 1. The fourth-order valence-electron chi connectivity index (χ4n) is 2.60. The van der Waals surface area contributed by atoms with E-state index in [1.165, 1.54) is 19.2 Å². The zero-order chi connectivity index (χ0) is 19.6. The highest BCUT2D eigenvalue weighted by molar-refractivity contribution is 5.96. The zero-order valence-electron chi connectivity index (χ0n) is 15.2. The molecule has 1 aromatic carbocycles. The van der Waals surface area contributed by atoms with Gasteiger partial charge < -0.3 is 10.1 Å². The zero-order valence-corrected chi connectivity index (χ0v) is 15.2. The van der Waals surface area contributed by atoms with Crippen LogP contribution < -0.4 is 5.32 Å². The average Bonchev–Trinajstić information content (AvgIpc) is 2.62. The lowest BCUT2D eigenvalue weighted by molar-refractivity contribution is -0.143. The van der Waals surface area contributed by atoms with Gasteiger partial charge in [0.2, 0.25) is 0 Å². The molecule has 0 aliphatic heterocycles. The Morgan fingerprint density at radius 2 is 1.77 bits per heavy atom. The minimum atomic E-state index is -4.53.